The highest BCUT2D eigenvalue weighted by Gasteiger charge is 2.15. The normalized spacial score (nSPS) is 11.4. The first-order chi connectivity index (χ1) is 9.54. The van der Waals surface area contributed by atoms with Gasteiger partial charge >= 0.3 is 0 Å². The average Bonchev–Trinajstić information content (AvgIpc) is 2.94. The van der Waals surface area contributed by atoms with E-state index in [1.165, 1.54) is 0 Å². The van der Waals surface area contributed by atoms with Gasteiger partial charge in [0.15, 0.2) is 0 Å². The summed E-state index contributed by atoms with van der Waals surface area (Å²) in [5.74, 6) is 0.476. The monoisotopic (exact) mass is 291 g/mol. The van der Waals surface area contributed by atoms with Crippen LogP contribution in [0.15, 0.2) is 24.7 Å². The summed E-state index contributed by atoms with van der Waals surface area (Å²) in [6.07, 6.45) is 5.58. The quantitative estimate of drug-likeness (QED) is 0.696. The van der Waals surface area contributed by atoms with Crippen LogP contribution in [0.5, 0.6) is 5.88 Å². The molecular weight excluding hydrogens is 278 g/mol. The molecule has 0 N–H and O–H groups in total. The lowest BCUT2D eigenvalue weighted by Crippen LogP contribution is -2.09. The van der Waals surface area contributed by atoms with Crippen molar-refractivity contribution < 1.29 is 4.74 Å². The largest absolute Gasteiger partial charge is 0.473 e. The standard InChI is InChI=1S/C13H14ClN5O/c1-8(2)20-12-11-10(16-13(14)17-12)4-5-19(11)9-6-15-18(3)7-9/h4-8H,1-3H3. The maximum Gasteiger partial charge on any atom is 0.243 e. The molecule has 0 saturated heterocycles. The molecule has 0 bridgehead atoms. The fourth-order valence-corrected chi connectivity index (χ4v) is 2.21. The van der Waals surface area contributed by atoms with E-state index in [1.54, 1.807) is 10.9 Å². The summed E-state index contributed by atoms with van der Waals surface area (Å²) in [5, 5.41) is 4.35. The minimum absolute atomic E-state index is 0.00131. The predicted octanol–water partition coefficient (Wildman–Crippen LogP) is 2.59. The SMILES string of the molecule is CC(C)Oc1nc(Cl)nc2ccn(-c3cnn(C)c3)c12. The molecule has 0 aliphatic carbocycles. The van der Waals surface area contributed by atoms with Gasteiger partial charge in [0.1, 0.15) is 5.52 Å². The summed E-state index contributed by atoms with van der Waals surface area (Å²) in [6, 6.07) is 1.88. The van der Waals surface area contributed by atoms with Crippen molar-refractivity contribution in [3.63, 3.8) is 0 Å². The molecule has 3 aromatic rings. The Morgan fingerprint density at radius 2 is 2.10 bits per heavy atom. The molecule has 0 radical (unpaired) electrons. The second kappa shape index (κ2) is 4.79. The third-order valence-corrected chi connectivity index (χ3v) is 2.96. The number of nitrogens with zero attached hydrogens (tertiary/aromatic N) is 5. The zero-order valence-corrected chi connectivity index (χ0v) is 12.2. The minimum atomic E-state index is 0.00131. The molecule has 3 aromatic heterocycles. The molecule has 0 spiro atoms. The van der Waals surface area contributed by atoms with Gasteiger partial charge in [0.05, 0.1) is 23.5 Å². The second-order valence-corrected chi connectivity index (χ2v) is 5.09. The van der Waals surface area contributed by atoms with Crippen molar-refractivity contribution in [2.24, 2.45) is 7.05 Å². The molecule has 0 aliphatic heterocycles. The van der Waals surface area contributed by atoms with E-state index in [2.05, 4.69) is 15.1 Å². The first kappa shape index (κ1) is 12.9. The van der Waals surface area contributed by atoms with Crippen molar-refractivity contribution in [2.45, 2.75) is 20.0 Å². The number of hydrogen-bond donors (Lipinski definition) is 0. The van der Waals surface area contributed by atoms with E-state index < -0.39 is 0 Å². The summed E-state index contributed by atoms with van der Waals surface area (Å²) in [6.45, 7) is 3.89. The van der Waals surface area contributed by atoms with Gasteiger partial charge in [-0.1, -0.05) is 0 Å². The molecule has 6 nitrogen and oxygen atoms in total. The number of fused-ring (bicyclic) bond motifs is 1. The van der Waals surface area contributed by atoms with E-state index in [9.17, 15) is 0 Å². The topological polar surface area (TPSA) is 57.8 Å². The molecule has 3 heterocycles. The predicted molar refractivity (Wildman–Crippen MR) is 76.4 cm³/mol. The van der Waals surface area contributed by atoms with Crippen LogP contribution in [-0.2, 0) is 7.05 Å². The molecular formula is C13H14ClN5O. The fraction of sp³-hybridized carbons (Fsp3) is 0.308. The molecule has 0 fully saturated rings. The van der Waals surface area contributed by atoms with Crippen LogP contribution >= 0.6 is 11.6 Å². The first-order valence-corrected chi connectivity index (χ1v) is 6.62. The Bertz CT molecular complexity index is 761. The molecule has 0 aliphatic rings. The lowest BCUT2D eigenvalue weighted by Gasteiger charge is -2.11. The van der Waals surface area contributed by atoms with Crippen LogP contribution in [0.2, 0.25) is 5.28 Å². The number of aromatic nitrogens is 5. The zero-order valence-electron chi connectivity index (χ0n) is 11.4. The number of rotatable bonds is 3. The highest BCUT2D eigenvalue weighted by Crippen LogP contribution is 2.28. The molecule has 0 saturated carbocycles. The average molecular weight is 292 g/mol. The highest BCUT2D eigenvalue weighted by molar-refractivity contribution is 6.28. The molecule has 0 aromatic carbocycles. The van der Waals surface area contributed by atoms with Crippen LogP contribution in [0.3, 0.4) is 0 Å². The minimum Gasteiger partial charge on any atom is -0.473 e. The van der Waals surface area contributed by atoms with E-state index in [0.717, 1.165) is 16.7 Å². The van der Waals surface area contributed by atoms with Gasteiger partial charge in [-0.2, -0.15) is 10.1 Å². The molecule has 3 rings (SSSR count). The van der Waals surface area contributed by atoms with Gasteiger partial charge in [-0.3, -0.25) is 4.68 Å². The number of ether oxygens (including phenoxy) is 1. The Balaban J connectivity index is 2.23. The van der Waals surface area contributed by atoms with E-state index in [4.69, 9.17) is 16.3 Å². The van der Waals surface area contributed by atoms with Crippen molar-refractivity contribution in [2.75, 3.05) is 0 Å². The van der Waals surface area contributed by atoms with E-state index in [1.807, 2.05) is 43.9 Å². The van der Waals surface area contributed by atoms with Crippen LogP contribution in [0.4, 0.5) is 0 Å². The van der Waals surface area contributed by atoms with Gasteiger partial charge in [0.2, 0.25) is 11.2 Å². The molecule has 0 atom stereocenters. The van der Waals surface area contributed by atoms with E-state index in [0.29, 0.717) is 5.88 Å². The Hall–Kier alpha value is -2.08. The van der Waals surface area contributed by atoms with E-state index >= 15 is 0 Å². The van der Waals surface area contributed by atoms with Crippen molar-refractivity contribution in [1.29, 1.82) is 0 Å². The Morgan fingerprint density at radius 3 is 2.75 bits per heavy atom. The molecule has 104 valence electrons. The lowest BCUT2D eigenvalue weighted by molar-refractivity contribution is 0.235. The van der Waals surface area contributed by atoms with Crippen LogP contribution in [0, 0.1) is 0 Å². The third-order valence-electron chi connectivity index (χ3n) is 2.79. The molecule has 0 unspecified atom stereocenters. The molecule has 20 heavy (non-hydrogen) atoms. The Labute approximate surface area is 121 Å². The van der Waals surface area contributed by atoms with E-state index in [-0.39, 0.29) is 11.4 Å². The first-order valence-electron chi connectivity index (χ1n) is 6.25. The number of hydrogen-bond acceptors (Lipinski definition) is 4. The van der Waals surface area contributed by atoms with Gasteiger partial charge < -0.3 is 9.30 Å². The van der Waals surface area contributed by atoms with Crippen molar-refractivity contribution in [3.05, 3.63) is 29.9 Å². The summed E-state index contributed by atoms with van der Waals surface area (Å²) in [5.41, 5.74) is 2.45. The van der Waals surface area contributed by atoms with Gasteiger partial charge in [-0.05, 0) is 31.5 Å². The van der Waals surface area contributed by atoms with Crippen LogP contribution in [0.25, 0.3) is 16.7 Å². The number of aryl methyl sites for hydroxylation is 1. The Kier molecular flexibility index (Phi) is 3.10. The second-order valence-electron chi connectivity index (χ2n) is 4.76. The van der Waals surface area contributed by atoms with Gasteiger partial charge in [-0.25, -0.2) is 4.98 Å². The lowest BCUT2D eigenvalue weighted by atomic mass is 10.4. The van der Waals surface area contributed by atoms with Crippen molar-refractivity contribution >= 4 is 22.6 Å². The van der Waals surface area contributed by atoms with Crippen molar-refractivity contribution in [1.82, 2.24) is 24.3 Å². The zero-order chi connectivity index (χ0) is 14.3. The molecule has 0 amide bonds. The van der Waals surface area contributed by atoms with Crippen molar-refractivity contribution in [3.8, 4) is 11.6 Å². The van der Waals surface area contributed by atoms with Crippen LogP contribution in [0.1, 0.15) is 13.8 Å². The maximum atomic E-state index is 5.94. The Morgan fingerprint density at radius 1 is 1.30 bits per heavy atom. The summed E-state index contributed by atoms with van der Waals surface area (Å²) in [4.78, 5) is 8.41. The smallest absolute Gasteiger partial charge is 0.243 e. The maximum absolute atomic E-state index is 5.94. The summed E-state index contributed by atoms with van der Waals surface area (Å²) >= 11 is 5.94. The highest BCUT2D eigenvalue weighted by atomic mass is 35.5. The van der Waals surface area contributed by atoms with Crippen LogP contribution < -0.4 is 4.74 Å². The molecule has 7 heteroatoms. The van der Waals surface area contributed by atoms with Gasteiger partial charge in [0.25, 0.3) is 0 Å². The fourth-order valence-electron chi connectivity index (χ4n) is 2.04. The van der Waals surface area contributed by atoms with Gasteiger partial charge in [0, 0.05) is 19.4 Å². The third kappa shape index (κ3) is 2.22. The number of halogens is 1. The van der Waals surface area contributed by atoms with Gasteiger partial charge in [-0.15, -0.1) is 0 Å². The van der Waals surface area contributed by atoms with Crippen LogP contribution in [-0.4, -0.2) is 30.4 Å². The summed E-state index contributed by atoms with van der Waals surface area (Å²) < 4.78 is 9.43. The summed E-state index contributed by atoms with van der Waals surface area (Å²) in [7, 11) is 1.87.